The molecule has 0 bridgehead atoms. The molecule has 3 aromatic rings. The summed E-state index contributed by atoms with van der Waals surface area (Å²) >= 11 is 0. The van der Waals surface area contributed by atoms with Gasteiger partial charge in [0.05, 0.1) is 25.0 Å². The lowest BCUT2D eigenvalue weighted by Crippen LogP contribution is -2.56. The molecule has 0 radical (unpaired) electrons. The Bertz CT molecular complexity index is 1500. The molecule has 1 saturated carbocycles. The highest BCUT2D eigenvalue weighted by molar-refractivity contribution is 6.00. The largest absolute Gasteiger partial charge is 0.493 e. The Morgan fingerprint density at radius 3 is 2.80 bits per heavy atom. The molecule has 3 atom stereocenters. The summed E-state index contributed by atoms with van der Waals surface area (Å²) in [6.07, 6.45) is 6.49. The van der Waals surface area contributed by atoms with Crippen LogP contribution in [0.15, 0.2) is 65.2 Å². The van der Waals surface area contributed by atoms with Gasteiger partial charge in [-0.15, -0.1) is 0 Å². The number of hydrogen-bond donors (Lipinski definition) is 2. The first-order valence-electron chi connectivity index (χ1n) is 16.2. The van der Waals surface area contributed by atoms with Crippen LogP contribution in [0.4, 0.5) is 0 Å². The monoisotopic (exact) mass is 616 g/mol. The number of nitrogens with one attached hydrogen (secondary N) is 1. The zero-order valence-corrected chi connectivity index (χ0v) is 27.2. The lowest BCUT2D eigenvalue weighted by molar-refractivity contribution is -0.130. The van der Waals surface area contributed by atoms with Crippen molar-refractivity contribution < 1.29 is 23.8 Å². The van der Waals surface area contributed by atoms with Crippen molar-refractivity contribution >= 4 is 22.7 Å². The molecular weight excluding hydrogens is 568 g/mol. The van der Waals surface area contributed by atoms with Gasteiger partial charge in [0.2, 0.25) is 0 Å². The maximum atomic E-state index is 14.4. The number of ether oxygens (including phenoxy) is 2. The van der Waals surface area contributed by atoms with Crippen molar-refractivity contribution in [2.75, 3.05) is 40.0 Å². The van der Waals surface area contributed by atoms with Crippen molar-refractivity contribution in [3.8, 4) is 5.75 Å². The van der Waals surface area contributed by atoms with Gasteiger partial charge in [-0.1, -0.05) is 56.7 Å². The molecule has 2 aliphatic rings. The molecule has 2 heterocycles. The van der Waals surface area contributed by atoms with Gasteiger partial charge >= 0.3 is 0 Å². The molecule has 2 fully saturated rings. The zero-order valence-electron chi connectivity index (χ0n) is 27.2. The molecule has 1 saturated heterocycles. The Morgan fingerprint density at radius 1 is 1.27 bits per heavy atom. The fourth-order valence-electron chi connectivity index (χ4n) is 6.92. The lowest BCUT2D eigenvalue weighted by atomic mass is 9.79. The van der Waals surface area contributed by atoms with Gasteiger partial charge in [0.25, 0.3) is 5.91 Å². The Hall–Kier alpha value is -3.66. The smallest absolute Gasteiger partial charge is 0.251 e. The molecule has 45 heavy (non-hydrogen) atoms. The summed E-state index contributed by atoms with van der Waals surface area (Å²) in [6.45, 7) is 12.7. The molecule has 2 aromatic carbocycles. The van der Waals surface area contributed by atoms with E-state index in [0.717, 1.165) is 65.9 Å². The summed E-state index contributed by atoms with van der Waals surface area (Å²) in [5.74, 6) is 1.46. The van der Waals surface area contributed by atoms with Crippen LogP contribution in [0.5, 0.6) is 5.75 Å². The van der Waals surface area contributed by atoms with E-state index in [1.54, 1.807) is 13.3 Å². The number of aryl methyl sites for hydroxylation is 2. The van der Waals surface area contributed by atoms with Crippen LogP contribution in [0.25, 0.3) is 16.8 Å². The first-order valence-corrected chi connectivity index (χ1v) is 16.2. The van der Waals surface area contributed by atoms with E-state index < -0.39 is 5.60 Å². The Morgan fingerprint density at radius 2 is 2.07 bits per heavy atom. The molecule has 242 valence electrons. The third-order valence-electron chi connectivity index (χ3n) is 9.29. The summed E-state index contributed by atoms with van der Waals surface area (Å²) in [5, 5.41) is 15.2. The van der Waals surface area contributed by atoms with E-state index in [2.05, 4.69) is 16.9 Å². The molecule has 1 aliphatic heterocycles. The minimum Gasteiger partial charge on any atom is -0.493 e. The van der Waals surface area contributed by atoms with Gasteiger partial charge in [-0.25, -0.2) is 4.98 Å². The summed E-state index contributed by atoms with van der Waals surface area (Å²) in [5.41, 5.74) is 3.78. The molecule has 1 aromatic heterocycles. The maximum Gasteiger partial charge on any atom is 0.251 e. The molecule has 1 amide bonds. The lowest BCUT2D eigenvalue weighted by Gasteiger charge is -2.46. The van der Waals surface area contributed by atoms with Crippen molar-refractivity contribution in [1.82, 2.24) is 20.1 Å². The van der Waals surface area contributed by atoms with E-state index in [0.29, 0.717) is 44.0 Å². The van der Waals surface area contributed by atoms with Crippen molar-refractivity contribution in [2.45, 2.75) is 77.0 Å². The minimum absolute atomic E-state index is 0.0235. The van der Waals surface area contributed by atoms with Gasteiger partial charge < -0.3 is 34.1 Å². The molecule has 9 nitrogen and oxygen atoms in total. The van der Waals surface area contributed by atoms with E-state index in [-0.39, 0.29) is 24.6 Å². The fraction of sp³-hybridized carbons (Fsp3) is 0.500. The van der Waals surface area contributed by atoms with Crippen LogP contribution in [0.1, 0.15) is 63.0 Å². The number of carbonyl (C=O) groups is 1. The minimum atomic E-state index is -1.05. The van der Waals surface area contributed by atoms with Gasteiger partial charge in [0, 0.05) is 56.8 Å². The van der Waals surface area contributed by atoms with Crippen LogP contribution in [0.3, 0.4) is 0 Å². The number of aromatic nitrogens is 1. The van der Waals surface area contributed by atoms with Crippen molar-refractivity contribution in [3.63, 3.8) is 0 Å². The first-order chi connectivity index (χ1) is 21.8. The number of carbonyl (C=O) groups excluding carboxylic acids is 1. The van der Waals surface area contributed by atoms with E-state index in [1.807, 2.05) is 73.0 Å². The topological polar surface area (TPSA) is 100 Å². The number of benzene rings is 2. The van der Waals surface area contributed by atoms with Crippen LogP contribution in [0, 0.1) is 6.92 Å². The first kappa shape index (κ1) is 32.7. The van der Waals surface area contributed by atoms with Crippen molar-refractivity contribution in [2.24, 2.45) is 0 Å². The van der Waals surface area contributed by atoms with Crippen LogP contribution in [-0.2, 0) is 16.0 Å². The number of nitrogens with zero attached hydrogens (tertiary/aromatic N) is 3. The number of rotatable bonds is 12. The average Bonchev–Trinajstić information content (AvgIpc) is 3.50. The highest BCUT2D eigenvalue weighted by Crippen LogP contribution is 2.38. The number of methoxy groups -OCH3 is 1. The van der Waals surface area contributed by atoms with Gasteiger partial charge in [-0.05, 0) is 50.6 Å². The van der Waals surface area contributed by atoms with Gasteiger partial charge in [0.15, 0.2) is 11.5 Å². The second kappa shape index (κ2) is 14.6. The van der Waals surface area contributed by atoms with Crippen molar-refractivity contribution in [3.05, 3.63) is 77.8 Å². The predicted octanol–water partition coefficient (Wildman–Crippen LogP) is 5.46. The number of fused-ring (bicyclic) bond motifs is 1. The molecule has 0 unspecified atom stereocenters. The normalized spacial score (nSPS) is 22.6. The zero-order chi connectivity index (χ0) is 32.0. The second-order valence-corrected chi connectivity index (χ2v) is 12.2. The third-order valence-corrected chi connectivity index (χ3v) is 9.29. The highest BCUT2D eigenvalue weighted by Gasteiger charge is 2.43. The Labute approximate surface area is 266 Å². The summed E-state index contributed by atoms with van der Waals surface area (Å²) in [7, 11) is 1.62. The van der Waals surface area contributed by atoms with Crippen molar-refractivity contribution in [1.29, 1.82) is 0 Å². The molecule has 1 aliphatic carbocycles. The third kappa shape index (κ3) is 6.95. The van der Waals surface area contributed by atoms with Gasteiger partial charge in [0.1, 0.15) is 16.9 Å². The van der Waals surface area contributed by atoms with E-state index in [4.69, 9.17) is 13.9 Å². The highest BCUT2D eigenvalue weighted by atomic mass is 16.5. The Balaban J connectivity index is 1.39. The second-order valence-electron chi connectivity index (χ2n) is 12.2. The fourth-order valence-corrected chi connectivity index (χ4v) is 6.92. The van der Waals surface area contributed by atoms with E-state index in [1.165, 1.54) is 0 Å². The summed E-state index contributed by atoms with van der Waals surface area (Å²) in [6, 6.07) is 13.5. The summed E-state index contributed by atoms with van der Waals surface area (Å²) in [4.78, 5) is 22.9. The number of aliphatic hydroxyl groups is 1. The van der Waals surface area contributed by atoms with Gasteiger partial charge in [-0.3, -0.25) is 4.79 Å². The number of piperazine rings is 1. The van der Waals surface area contributed by atoms with Crippen LogP contribution in [0.2, 0.25) is 0 Å². The van der Waals surface area contributed by atoms with E-state index >= 15 is 0 Å². The van der Waals surface area contributed by atoms with Crippen LogP contribution >= 0.6 is 0 Å². The molecular formula is C36H48N4O5. The standard InChI is InChI=1S/C36H48N4O5/c1-6-32-38-29-16-17-30(25(3)34(29)45-32)44-22-18-28-23-37-20-21-40(28)35(41)26(4)33(27-13-9-8-10-14-27)39(7-2)31-15-11-12-19-36(31,42)24-43-5/h7-10,13-14,16-17,28,31,37,42H,2,6,11-12,15,18-24H2,1,3-5H3/b33-26+/t28-,31-,36-/m1/s1. The summed E-state index contributed by atoms with van der Waals surface area (Å²) < 4.78 is 17.7. The molecule has 2 N–H and O–H groups in total. The van der Waals surface area contributed by atoms with E-state index in [9.17, 15) is 9.90 Å². The van der Waals surface area contributed by atoms with Crippen LogP contribution in [-0.4, -0.2) is 83.4 Å². The Kier molecular flexibility index (Phi) is 10.6. The molecule has 9 heteroatoms. The number of hydrogen-bond acceptors (Lipinski definition) is 8. The SMILES string of the molecule is C=CN(/C(=C(\C)C(=O)N1CCNC[C@H]1CCOc1ccc2nc(CC)oc2c1C)c1ccccc1)[C@@H]1CCCC[C@@]1(O)COC. The molecule has 5 rings (SSSR count). The predicted molar refractivity (Wildman–Crippen MR) is 177 cm³/mol. The number of oxazole rings is 1. The number of amides is 1. The van der Waals surface area contributed by atoms with Crippen LogP contribution < -0.4 is 10.1 Å². The maximum absolute atomic E-state index is 14.4. The van der Waals surface area contributed by atoms with Gasteiger partial charge in [-0.2, -0.15) is 0 Å². The average molecular weight is 617 g/mol. The quantitative estimate of drug-likeness (QED) is 0.259. The molecule has 0 spiro atoms.